The molecule has 0 aromatic heterocycles. The Kier molecular flexibility index (Phi) is 4.11. The average Bonchev–Trinajstić information content (AvgIpc) is 1.97. The van der Waals surface area contributed by atoms with E-state index >= 15 is 0 Å². The van der Waals surface area contributed by atoms with Crippen LogP contribution in [-0.4, -0.2) is 30.7 Å². The second kappa shape index (κ2) is 4.40. The van der Waals surface area contributed by atoms with Crippen molar-refractivity contribution in [3.05, 3.63) is 0 Å². The molecule has 0 atom stereocenters. The molecule has 3 heteroatoms. The highest BCUT2D eigenvalue weighted by atomic mass is 16.2. The maximum absolute atomic E-state index is 11.4. The molecule has 0 saturated heterocycles. The van der Waals surface area contributed by atoms with Crippen LogP contribution in [0.15, 0.2) is 0 Å². The van der Waals surface area contributed by atoms with Gasteiger partial charge in [0.1, 0.15) is 5.78 Å². The van der Waals surface area contributed by atoms with Gasteiger partial charge in [-0.05, 0) is 0 Å². The van der Waals surface area contributed by atoms with Crippen molar-refractivity contribution in [2.75, 3.05) is 14.1 Å². The molecule has 3 nitrogen and oxygen atoms in total. The van der Waals surface area contributed by atoms with E-state index in [1.807, 2.05) is 20.8 Å². The van der Waals surface area contributed by atoms with Crippen LogP contribution >= 0.6 is 0 Å². The normalized spacial score (nSPS) is 11.2. The molecule has 0 spiro atoms. The zero-order chi connectivity index (χ0) is 10.6. The number of hydrogen-bond donors (Lipinski definition) is 0. The van der Waals surface area contributed by atoms with Crippen molar-refractivity contribution >= 4 is 11.7 Å². The Hall–Kier alpha value is -0.860. The molecule has 0 aliphatic rings. The average molecular weight is 185 g/mol. The van der Waals surface area contributed by atoms with Crippen molar-refractivity contribution < 1.29 is 9.59 Å². The molecule has 0 rings (SSSR count). The first-order chi connectivity index (χ1) is 5.75. The minimum atomic E-state index is -0.327. The lowest BCUT2D eigenvalue weighted by molar-refractivity contribution is -0.133. The highest BCUT2D eigenvalue weighted by Gasteiger charge is 2.21. The van der Waals surface area contributed by atoms with Gasteiger partial charge in [-0.2, -0.15) is 0 Å². The number of carbonyl (C=O) groups is 2. The molecule has 0 aromatic rings. The number of hydrogen-bond acceptors (Lipinski definition) is 2. The van der Waals surface area contributed by atoms with E-state index in [1.165, 1.54) is 4.90 Å². The summed E-state index contributed by atoms with van der Waals surface area (Å²) < 4.78 is 0. The predicted molar refractivity (Wildman–Crippen MR) is 52.4 cm³/mol. The van der Waals surface area contributed by atoms with Crippen molar-refractivity contribution in [2.45, 2.75) is 33.6 Å². The van der Waals surface area contributed by atoms with Crippen LogP contribution in [0.2, 0.25) is 0 Å². The molecule has 0 saturated carbocycles. The van der Waals surface area contributed by atoms with Gasteiger partial charge >= 0.3 is 0 Å². The fourth-order valence-electron chi connectivity index (χ4n) is 0.819. The molecule has 76 valence electrons. The maximum Gasteiger partial charge on any atom is 0.222 e. The molecule has 0 bridgehead atoms. The van der Waals surface area contributed by atoms with Gasteiger partial charge in [-0.3, -0.25) is 9.59 Å². The molecule has 0 unspecified atom stereocenters. The summed E-state index contributed by atoms with van der Waals surface area (Å²) in [7, 11) is 3.40. The van der Waals surface area contributed by atoms with Crippen molar-refractivity contribution in [3.63, 3.8) is 0 Å². The molecule has 0 aliphatic carbocycles. The van der Waals surface area contributed by atoms with Gasteiger partial charge in [0.15, 0.2) is 0 Å². The van der Waals surface area contributed by atoms with E-state index in [-0.39, 0.29) is 17.1 Å². The van der Waals surface area contributed by atoms with E-state index in [0.29, 0.717) is 12.8 Å². The summed E-state index contributed by atoms with van der Waals surface area (Å²) >= 11 is 0. The van der Waals surface area contributed by atoms with Gasteiger partial charge in [-0.15, -0.1) is 0 Å². The second-order valence-electron chi connectivity index (χ2n) is 4.46. The highest BCUT2D eigenvalue weighted by Crippen LogP contribution is 2.17. The van der Waals surface area contributed by atoms with E-state index in [1.54, 1.807) is 14.1 Å². The summed E-state index contributed by atoms with van der Waals surface area (Å²) in [6.45, 7) is 5.61. The number of amides is 1. The van der Waals surface area contributed by atoms with Gasteiger partial charge in [0, 0.05) is 32.4 Å². The zero-order valence-corrected chi connectivity index (χ0v) is 9.18. The van der Waals surface area contributed by atoms with Gasteiger partial charge in [0.25, 0.3) is 0 Å². The van der Waals surface area contributed by atoms with Crippen LogP contribution in [0.1, 0.15) is 33.6 Å². The van der Waals surface area contributed by atoms with E-state index in [9.17, 15) is 9.59 Å². The quantitative estimate of drug-likeness (QED) is 0.667. The molecule has 0 aromatic carbocycles. The highest BCUT2D eigenvalue weighted by molar-refractivity contribution is 5.87. The van der Waals surface area contributed by atoms with Crippen LogP contribution in [0, 0.1) is 5.41 Å². The fourth-order valence-corrected chi connectivity index (χ4v) is 0.819. The molecular formula is C10H19NO2. The maximum atomic E-state index is 11.4. The predicted octanol–water partition coefficient (Wildman–Crippen LogP) is 1.47. The number of carbonyl (C=O) groups excluding carboxylic acids is 2. The molecule has 0 radical (unpaired) electrons. The van der Waals surface area contributed by atoms with Crippen LogP contribution in [0.25, 0.3) is 0 Å². The lowest BCUT2D eigenvalue weighted by atomic mass is 9.88. The van der Waals surface area contributed by atoms with Crippen LogP contribution < -0.4 is 0 Å². The monoisotopic (exact) mass is 185 g/mol. The number of nitrogens with zero attached hydrogens (tertiary/aromatic N) is 1. The van der Waals surface area contributed by atoms with E-state index < -0.39 is 0 Å². The van der Waals surface area contributed by atoms with Gasteiger partial charge in [-0.1, -0.05) is 20.8 Å². The van der Waals surface area contributed by atoms with Gasteiger partial charge in [0.2, 0.25) is 5.91 Å². The van der Waals surface area contributed by atoms with E-state index in [2.05, 4.69) is 0 Å². The fraction of sp³-hybridized carbons (Fsp3) is 0.800. The summed E-state index contributed by atoms with van der Waals surface area (Å²) in [6, 6.07) is 0. The Morgan fingerprint density at radius 2 is 1.54 bits per heavy atom. The Balaban J connectivity index is 3.92. The van der Waals surface area contributed by atoms with E-state index in [4.69, 9.17) is 0 Å². The Morgan fingerprint density at radius 3 is 1.85 bits per heavy atom. The van der Waals surface area contributed by atoms with Crippen LogP contribution in [0.3, 0.4) is 0 Å². The molecule has 13 heavy (non-hydrogen) atoms. The third-order valence-electron chi connectivity index (χ3n) is 1.90. The Labute approximate surface area is 80.1 Å². The SMILES string of the molecule is CN(C)C(=O)CCC(=O)C(C)(C)C. The lowest BCUT2D eigenvalue weighted by Gasteiger charge is -2.17. The van der Waals surface area contributed by atoms with Crippen LogP contribution in [0.5, 0.6) is 0 Å². The standard InChI is InChI=1S/C10H19NO2/c1-10(2,3)8(12)6-7-9(13)11(4)5/h6-7H2,1-5H3. The summed E-state index contributed by atoms with van der Waals surface area (Å²) in [4.78, 5) is 24.1. The third-order valence-corrected chi connectivity index (χ3v) is 1.90. The van der Waals surface area contributed by atoms with Gasteiger partial charge in [-0.25, -0.2) is 0 Å². The third kappa shape index (κ3) is 4.65. The first kappa shape index (κ1) is 12.1. The largest absolute Gasteiger partial charge is 0.349 e. The molecular weight excluding hydrogens is 166 g/mol. The Morgan fingerprint density at radius 1 is 1.08 bits per heavy atom. The molecule has 1 amide bonds. The lowest BCUT2D eigenvalue weighted by Crippen LogP contribution is -2.25. The van der Waals surface area contributed by atoms with Crippen molar-refractivity contribution in [3.8, 4) is 0 Å². The van der Waals surface area contributed by atoms with Crippen LogP contribution in [-0.2, 0) is 9.59 Å². The summed E-state index contributed by atoms with van der Waals surface area (Å²) in [5, 5.41) is 0. The summed E-state index contributed by atoms with van der Waals surface area (Å²) in [5.74, 6) is 0.153. The second-order valence-corrected chi connectivity index (χ2v) is 4.46. The first-order valence-corrected chi connectivity index (χ1v) is 4.48. The zero-order valence-electron chi connectivity index (χ0n) is 9.18. The number of ketones is 1. The first-order valence-electron chi connectivity index (χ1n) is 4.48. The van der Waals surface area contributed by atoms with Crippen LogP contribution in [0.4, 0.5) is 0 Å². The molecule has 0 heterocycles. The summed E-state index contributed by atoms with van der Waals surface area (Å²) in [6.07, 6.45) is 0.670. The van der Waals surface area contributed by atoms with Gasteiger partial charge in [0.05, 0.1) is 0 Å². The molecule has 0 N–H and O–H groups in total. The minimum absolute atomic E-state index is 0.0117. The smallest absolute Gasteiger partial charge is 0.222 e. The number of Topliss-reactive ketones (excluding diaryl/α,β-unsaturated/α-hetero) is 1. The topological polar surface area (TPSA) is 37.4 Å². The number of rotatable bonds is 3. The summed E-state index contributed by atoms with van der Waals surface area (Å²) in [5.41, 5.74) is -0.327. The molecule has 0 aliphatic heterocycles. The Bertz CT molecular complexity index is 201. The van der Waals surface area contributed by atoms with Crippen molar-refractivity contribution in [1.29, 1.82) is 0 Å². The van der Waals surface area contributed by atoms with E-state index in [0.717, 1.165) is 0 Å². The van der Waals surface area contributed by atoms with Gasteiger partial charge < -0.3 is 4.90 Å². The minimum Gasteiger partial charge on any atom is -0.349 e. The van der Waals surface area contributed by atoms with Crippen molar-refractivity contribution in [2.24, 2.45) is 5.41 Å². The molecule has 0 fully saturated rings. The van der Waals surface area contributed by atoms with Crippen molar-refractivity contribution in [1.82, 2.24) is 4.90 Å².